The van der Waals surface area contributed by atoms with E-state index in [1.165, 1.54) is 50.3 Å². The number of nitrogens with one attached hydrogen (secondary N) is 2. The Morgan fingerprint density at radius 3 is 2.83 bits per heavy atom. The molecule has 1 aromatic carbocycles. The second kappa shape index (κ2) is 11.0. The van der Waals surface area contributed by atoms with Gasteiger partial charge in [0, 0.05) is 24.8 Å². The van der Waals surface area contributed by atoms with Gasteiger partial charge in [-0.15, -0.1) is 10.2 Å². The average molecular weight is 416 g/mol. The molecule has 1 saturated carbocycles. The van der Waals surface area contributed by atoms with Crippen LogP contribution in [0.4, 0.5) is 5.69 Å². The van der Waals surface area contributed by atoms with Crippen molar-refractivity contribution in [3.63, 3.8) is 0 Å². The van der Waals surface area contributed by atoms with Gasteiger partial charge in [0.2, 0.25) is 5.91 Å². The van der Waals surface area contributed by atoms with Crippen molar-refractivity contribution in [1.82, 2.24) is 20.1 Å². The van der Waals surface area contributed by atoms with E-state index in [4.69, 9.17) is 0 Å². The molecule has 1 heterocycles. The molecule has 2 amide bonds. The van der Waals surface area contributed by atoms with Crippen LogP contribution in [0.1, 0.15) is 55.3 Å². The number of anilines is 1. The average Bonchev–Trinajstić information content (AvgIpc) is 3.15. The van der Waals surface area contributed by atoms with Crippen LogP contribution in [0.3, 0.4) is 0 Å². The van der Waals surface area contributed by atoms with E-state index < -0.39 is 0 Å². The molecule has 0 radical (unpaired) electrons. The lowest BCUT2D eigenvalue weighted by Gasteiger charge is -2.21. The second-order valence-electron chi connectivity index (χ2n) is 7.54. The minimum Gasteiger partial charge on any atom is -0.352 e. The summed E-state index contributed by atoms with van der Waals surface area (Å²) in [5.74, 6) is 0.810. The number of aromatic nitrogens is 3. The third kappa shape index (κ3) is 6.88. The van der Waals surface area contributed by atoms with E-state index in [-0.39, 0.29) is 17.6 Å². The highest BCUT2D eigenvalue weighted by Gasteiger charge is 2.13. The number of carbonyl (C=O) groups excluding carboxylic acids is 2. The van der Waals surface area contributed by atoms with Crippen molar-refractivity contribution in [3.05, 3.63) is 36.2 Å². The minimum atomic E-state index is -0.150. The second-order valence-corrected chi connectivity index (χ2v) is 8.49. The Hall–Kier alpha value is -2.35. The zero-order chi connectivity index (χ0) is 20.5. The molecule has 8 heteroatoms. The fraction of sp³-hybridized carbons (Fsp3) is 0.524. The number of rotatable bonds is 9. The van der Waals surface area contributed by atoms with Crippen molar-refractivity contribution in [3.8, 4) is 0 Å². The molecule has 0 atom stereocenters. The Bertz CT molecular complexity index is 817. The zero-order valence-electron chi connectivity index (χ0n) is 16.9. The summed E-state index contributed by atoms with van der Waals surface area (Å²) in [6.45, 7) is 0.695. The van der Waals surface area contributed by atoms with Crippen molar-refractivity contribution < 1.29 is 9.59 Å². The van der Waals surface area contributed by atoms with Gasteiger partial charge in [0.1, 0.15) is 6.33 Å². The van der Waals surface area contributed by atoms with E-state index in [2.05, 4.69) is 20.8 Å². The van der Waals surface area contributed by atoms with Gasteiger partial charge in [-0.25, -0.2) is 0 Å². The molecule has 1 aromatic heterocycles. The lowest BCUT2D eigenvalue weighted by molar-refractivity contribution is -0.113. The summed E-state index contributed by atoms with van der Waals surface area (Å²) in [4.78, 5) is 24.6. The molecule has 1 aliphatic rings. The first-order chi connectivity index (χ1) is 14.1. The Morgan fingerprint density at radius 2 is 2.07 bits per heavy atom. The van der Waals surface area contributed by atoms with E-state index in [9.17, 15) is 9.59 Å². The molecule has 0 spiro atoms. The van der Waals surface area contributed by atoms with Gasteiger partial charge >= 0.3 is 0 Å². The topological polar surface area (TPSA) is 88.9 Å². The fourth-order valence-electron chi connectivity index (χ4n) is 3.64. The van der Waals surface area contributed by atoms with Gasteiger partial charge < -0.3 is 15.2 Å². The molecule has 0 bridgehead atoms. The predicted octanol–water partition coefficient (Wildman–Crippen LogP) is 3.64. The zero-order valence-corrected chi connectivity index (χ0v) is 17.7. The summed E-state index contributed by atoms with van der Waals surface area (Å²) >= 11 is 1.31. The molecule has 0 unspecified atom stereocenters. The Morgan fingerprint density at radius 1 is 1.24 bits per heavy atom. The number of hydrogen-bond acceptors (Lipinski definition) is 5. The summed E-state index contributed by atoms with van der Waals surface area (Å²) in [5.41, 5.74) is 1.17. The molecule has 2 aromatic rings. The van der Waals surface area contributed by atoms with Crippen LogP contribution in [-0.2, 0) is 11.8 Å². The first-order valence-corrected chi connectivity index (χ1v) is 11.3. The van der Waals surface area contributed by atoms with E-state index in [1.54, 1.807) is 35.2 Å². The maximum Gasteiger partial charge on any atom is 0.251 e. The first kappa shape index (κ1) is 21.4. The number of amides is 2. The minimum absolute atomic E-state index is 0.0989. The summed E-state index contributed by atoms with van der Waals surface area (Å²) in [6, 6.07) is 7.04. The highest BCUT2D eigenvalue weighted by molar-refractivity contribution is 7.99. The molecule has 0 saturated heterocycles. The Balaban J connectivity index is 1.41. The van der Waals surface area contributed by atoms with Gasteiger partial charge in [-0.3, -0.25) is 9.59 Å². The summed E-state index contributed by atoms with van der Waals surface area (Å²) in [5, 5.41) is 14.2. The predicted molar refractivity (Wildman–Crippen MR) is 115 cm³/mol. The standard InChI is InChI=1S/C21H29N5O2S/c1-26-15-23-25-21(26)29-14-19(27)24-18-11-5-10-17(13-18)20(28)22-12-6-9-16-7-3-2-4-8-16/h5,10-11,13,15-16H,2-4,6-9,12,14H2,1H3,(H,22,28)(H,24,27). The van der Waals surface area contributed by atoms with Crippen LogP contribution in [0.5, 0.6) is 0 Å². The lowest BCUT2D eigenvalue weighted by atomic mass is 9.86. The molecule has 2 N–H and O–H groups in total. The van der Waals surface area contributed by atoms with E-state index >= 15 is 0 Å². The van der Waals surface area contributed by atoms with Crippen LogP contribution in [-0.4, -0.2) is 38.9 Å². The van der Waals surface area contributed by atoms with Crippen molar-refractivity contribution in [2.45, 2.75) is 50.1 Å². The summed E-state index contributed by atoms with van der Waals surface area (Å²) in [7, 11) is 1.83. The molecule has 156 valence electrons. The number of aryl methyl sites for hydroxylation is 1. The van der Waals surface area contributed by atoms with Crippen LogP contribution in [0, 0.1) is 5.92 Å². The SMILES string of the molecule is Cn1cnnc1SCC(=O)Nc1cccc(C(=O)NCCCC2CCCCC2)c1. The molecular formula is C21H29N5O2S. The van der Waals surface area contributed by atoms with Crippen LogP contribution < -0.4 is 10.6 Å². The largest absolute Gasteiger partial charge is 0.352 e. The first-order valence-electron chi connectivity index (χ1n) is 10.3. The van der Waals surface area contributed by atoms with Gasteiger partial charge in [0.25, 0.3) is 5.91 Å². The van der Waals surface area contributed by atoms with Crippen molar-refractivity contribution >= 4 is 29.3 Å². The quantitative estimate of drug-likeness (QED) is 0.482. The fourth-order valence-corrected chi connectivity index (χ4v) is 4.33. The molecule has 3 rings (SSSR count). The Labute approximate surface area is 176 Å². The van der Waals surface area contributed by atoms with Crippen molar-refractivity contribution in [2.75, 3.05) is 17.6 Å². The number of nitrogens with zero attached hydrogens (tertiary/aromatic N) is 3. The maximum atomic E-state index is 12.4. The molecule has 29 heavy (non-hydrogen) atoms. The highest BCUT2D eigenvalue weighted by atomic mass is 32.2. The molecule has 0 aliphatic heterocycles. The van der Waals surface area contributed by atoms with E-state index in [0.29, 0.717) is 23.0 Å². The molecule has 1 aliphatic carbocycles. The van der Waals surface area contributed by atoms with Gasteiger partial charge in [-0.2, -0.15) is 0 Å². The molecule has 1 fully saturated rings. The van der Waals surface area contributed by atoms with Crippen LogP contribution in [0.15, 0.2) is 35.7 Å². The normalized spacial score (nSPS) is 14.5. The smallest absolute Gasteiger partial charge is 0.251 e. The van der Waals surface area contributed by atoms with E-state index in [1.807, 2.05) is 7.05 Å². The highest BCUT2D eigenvalue weighted by Crippen LogP contribution is 2.27. The van der Waals surface area contributed by atoms with E-state index in [0.717, 1.165) is 12.3 Å². The van der Waals surface area contributed by atoms with Gasteiger partial charge in [0.05, 0.1) is 5.75 Å². The number of benzene rings is 1. The number of hydrogen-bond donors (Lipinski definition) is 2. The van der Waals surface area contributed by atoms with Gasteiger partial charge in [-0.1, -0.05) is 49.9 Å². The lowest BCUT2D eigenvalue weighted by Crippen LogP contribution is -2.25. The van der Waals surface area contributed by atoms with Crippen LogP contribution >= 0.6 is 11.8 Å². The van der Waals surface area contributed by atoms with Gasteiger partial charge in [0.15, 0.2) is 5.16 Å². The third-order valence-corrected chi connectivity index (χ3v) is 6.24. The summed E-state index contributed by atoms with van der Waals surface area (Å²) < 4.78 is 1.76. The van der Waals surface area contributed by atoms with Crippen molar-refractivity contribution in [2.24, 2.45) is 13.0 Å². The van der Waals surface area contributed by atoms with Gasteiger partial charge in [-0.05, 0) is 37.0 Å². The monoisotopic (exact) mass is 415 g/mol. The maximum absolute atomic E-state index is 12.4. The van der Waals surface area contributed by atoms with Crippen LogP contribution in [0.2, 0.25) is 0 Å². The summed E-state index contributed by atoms with van der Waals surface area (Å²) in [6.07, 6.45) is 10.6. The Kier molecular flexibility index (Phi) is 8.10. The third-order valence-electron chi connectivity index (χ3n) is 5.21. The number of thioether (sulfide) groups is 1. The molecule has 7 nitrogen and oxygen atoms in total. The number of carbonyl (C=O) groups is 2. The van der Waals surface area contributed by atoms with Crippen molar-refractivity contribution in [1.29, 1.82) is 0 Å². The van der Waals surface area contributed by atoms with Crippen LogP contribution in [0.25, 0.3) is 0 Å². The molecular weight excluding hydrogens is 386 g/mol.